The van der Waals surface area contributed by atoms with E-state index >= 15 is 0 Å². The van der Waals surface area contributed by atoms with Crippen molar-refractivity contribution in [1.29, 1.82) is 0 Å². The van der Waals surface area contributed by atoms with Crippen LogP contribution in [0.25, 0.3) is 5.69 Å². The first-order valence-corrected chi connectivity index (χ1v) is 9.69. The Morgan fingerprint density at radius 3 is 2.84 bits per heavy atom. The molecule has 130 valence electrons. The number of benzene rings is 1. The SMILES string of the molecule is CCOC(=O)c1csc(CSc2nnc(C)n2-c2ccccc2C)n1. The van der Waals surface area contributed by atoms with Gasteiger partial charge in [0, 0.05) is 5.38 Å². The average Bonchev–Trinajstić information content (AvgIpc) is 3.21. The molecule has 25 heavy (non-hydrogen) atoms. The fraction of sp³-hybridized carbons (Fsp3) is 0.294. The second-order valence-corrected chi connectivity index (χ2v) is 7.17. The molecule has 2 heterocycles. The van der Waals surface area contributed by atoms with Crippen molar-refractivity contribution in [1.82, 2.24) is 19.7 Å². The van der Waals surface area contributed by atoms with E-state index in [1.165, 1.54) is 11.3 Å². The molecule has 0 fully saturated rings. The third-order valence-corrected chi connectivity index (χ3v) is 5.48. The number of nitrogens with zero attached hydrogens (tertiary/aromatic N) is 4. The highest BCUT2D eigenvalue weighted by Gasteiger charge is 2.15. The molecule has 0 atom stereocenters. The zero-order valence-electron chi connectivity index (χ0n) is 14.2. The van der Waals surface area contributed by atoms with Gasteiger partial charge in [-0.05, 0) is 32.4 Å². The molecule has 0 saturated heterocycles. The van der Waals surface area contributed by atoms with Gasteiger partial charge < -0.3 is 4.74 Å². The van der Waals surface area contributed by atoms with Gasteiger partial charge in [0.2, 0.25) is 0 Å². The first-order chi connectivity index (χ1) is 12.1. The number of hydrogen-bond donors (Lipinski definition) is 0. The van der Waals surface area contributed by atoms with Crippen LogP contribution < -0.4 is 0 Å². The first-order valence-electron chi connectivity index (χ1n) is 7.82. The monoisotopic (exact) mass is 374 g/mol. The van der Waals surface area contributed by atoms with Gasteiger partial charge >= 0.3 is 5.97 Å². The topological polar surface area (TPSA) is 69.9 Å². The highest BCUT2D eigenvalue weighted by atomic mass is 32.2. The van der Waals surface area contributed by atoms with Gasteiger partial charge in [-0.2, -0.15) is 0 Å². The largest absolute Gasteiger partial charge is 0.461 e. The molecule has 0 spiro atoms. The van der Waals surface area contributed by atoms with E-state index in [1.807, 2.05) is 23.6 Å². The van der Waals surface area contributed by atoms with Crippen LogP contribution in [-0.4, -0.2) is 32.3 Å². The first kappa shape index (κ1) is 17.6. The number of hydrogen-bond acceptors (Lipinski definition) is 7. The Balaban J connectivity index is 1.77. The minimum absolute atomic E-state index is 0.346. The van der Waals surface area contributed by atoms with E-state index in [-0.39, 0.29) is 5.97 Å². The lowest BCUT2D eigenvalue weighted by Crippen LogP contribution is -2.05. The third kappa shape index (κ3) is 3.91. The summed E-state index contributed by atoms with van der Waals surface area (Å²) in [5.74, 6) is 1.07. The Labute approximate surface area is 154 Å². The summed E-state index contributed by atoms with van der Waals surface area (Å²) in [6.07, 6.45) is 0. The Morgan fingerprint density at radius 2 is 2.08 bits per heavy atom. The minimum Gasteiger partial charge on any atom is -0.461 e. The summed E-state index contributed by atoms with van der Waals surface area (Å²) in [5.41, 5.74) is 2.59. The van der Waals surface area contributed by atoms with E-state index in [1.54, 1.807) is 24.1 Å². The fourth-order valence-electron chi connectivity index (χ4n) is 2.33. The number of esters is 1. The van der Waals surface area contributed by atoms with Crippen LogP contribution in [0.4, 0.5) is 0 Å². The summed E-state index contributed by atoms with van der Waals surface area (Å²) in [4.78, 5) is 16.0. The van der Waals surface area contributed by atoms with E-state index < -0.39 is 0 Å². The lowest BCUT2D eigenvalue weighted by atomic mass is 10.2. The molecule has 0 saturated carbocycles. The summed E-state index contributed by atoms with van der Waals surface area (Å²) >= 11 is 2.99. The van der Waals surface area contributed by atoms with Gasteiger partial charge in [-0.3, -0.25) is 4.57 Å². The van der Waals surface area contributed by atoms with E-state index in [2.05, 4.69) is 34.2 Å². The lowest BCUT2D eigenvalue weighted by Gasteiger charge is -2.10. The van der Waals surface area contributed by atoms with Gasteiger partial charge in [-0.15, -0.1) is 21.5 Å². The smallest absolute Gasteiger partial charge is 0.357 e. The van der Waals surface area contributed by atoms with Gasteiger partial charge in [0.1, 0.15) is 10.8 Å². The molecule has 0 bridgehead atoms. The molecular formula is C17H18N4O2S2. The van der Waals surface area contributed by atoms with Gasteiger partial charge in [0.25, 0.3) is 0 Å². The second kappa shape index (κ2) is 7.79. The molecule has 8 heteroatoms. The molecule has 6 nitrogen and oxygen atoms in total. The van der Waals surface area contributed by atoms with Crippen molar-refractivity contribution in [3.8, 4) is 5.69 Å². The van der Waals surface area contributed by atoms with Crippen LogP contribution in [0.1, 0.15) is 33.8 Å². The third-order valence-electron chi connectivity index (χ3n) is 3.51. The molecule has 2 aromatic heterocycles. The fourth-order valence-corrected chi connectivity index (χ4v) is 4.10. The number of ether oxygens (including phenoxy) is 1. The average molecular weight is 374 g/mol. The predicted molar refractivity (Wildman–Crippen MR) is 98.5 cm³/mol. The highest BCUT2D eigenvalue weighted by molar-refractivity contribution is 7.98. The Hall–Kier alpha value is -2.19. The maximum Gasteiger partial charge on any atom is 0.357 e. The van der Waals surface area contributed by atoms with Crippen molar-refractivity contribution in [2.75, 3.05) is 6.61 Å². The number of aromatic nitrogens is 4. The van der Waals surface area contributed by atoms with Crippen LogP contribution in [0.5, 0.6) is 0 Å². The van der Waals surface area contributed by atoms with Crippen molar-refractivity contribution >= 4 is 29.1 Å². The van der Waals surface area contributed by atoms with E-state index in [0.29, 0.717) is 18.1 Å². The molecule has 0 amide bonds. The molecular weight excluding hydrogens is 356 g/mol. The van der Waals surface area contributed by atoms with Crippen molar-refractivity contribution in [2.45, 2.75) is 31.7 Å². The van der Waals surface area contributed by atoms with E-state index in [0.717, 1.165) is 27.2 Å². The minimum atomic E-state index is -0.381. The molecule has 0 aliphatic heterocycles. The number of carbonyl (C=O) groups is 1. The van der Waals surface area contributed by atoms with Crippen molar-refractivity contribution < 1.29 is 9.53 Å². The van der Waals surface area contributed by atoms with Gasteiger partial charge in [-0.25, -0.2) is 9.78 Å². The summed E-state index contributed by atoms with van der Waals surface area (Å²) in [5, 5.41) is 11.9. The molecule has 3 rings (SSSR count). The van der Waals surface area contributed by atoms with Crippen molar-refractivity contribution in [3.05, 3.63) is 51.7 Å². The van der Waals surface area contributed by atoms with Crippen LogP contribution in [-0.2, 0) is 10.5 Å². The highest BCUT2D eigenvalue weighted by Crippen LogP contribution is 2.27. The maximum absolute atomic E-state index is 11.7. The van der Waals surface area contributed by atoms with Crippen LogP contribution in [0, 0.1) is 13.8 Å². The standard InChI is InChI=1S/C17H18N4O2S2/c1-4-23-16(22)13-9-24-15(18-13)10-25-17-20-19-12(3)21(17)14-8-6-5-7-11(14)2/h5-9H,4,10H2,1-3H3. The van der Waals surface area contributed by atoms with E-state index in [9.17, 15) is 4.79 Å². The molecule has 0 aliphatic carbocycles. The van der Waals surface area contributed by atoms with Crippen LogP contribution in [0.15, 0.2) is 34.8 Å². The Bertz CT molecular complexity index is 888. The summed E-state index contributed by atoms with van der Waals surface area (Å²) < 4.78 is 7.01. The number of aryl methyl sites for hydroxylation is 2. The number of carbonyl (C=O) groups excluding carboxylic acids is 1. The molecule has 0 unspecified atom stereocenters. The van der Waals surface area contributed by atoms with Crippen LogP contribution in [0.3, 0.4) is 0 Å². The summed E-state index contributed by atoms with van der Waals surface area (Å²) in [7, 11) is 0. The molecule has 0 N–H and O–H groups in total. The summed E-state index contributed by atoms with van der Waals surface area (Å²) in [6, 6.07) is 8.13. The Morgan fingerprint density at radius 1 is 1.28 bits per heavy atom. The summed E-state index contributed by atoms with van der Waals surface area (Å²) in [6.45, 7) is 6.13. The normalized spacial score (nSPS) is 10.8. The molecule has 0 aliphatic rings. The van der Waals surface area contributed by atoms with Gasteiger partial charge in [-0.1, -0.05) is 30.0 Å². The molecule has 0 radical (unpaired) electrons. The lowest BCUT2D eigenvalue weighted by molar-refractivity contribution is 0.0520. The second-order valence-electron chi connectivity index (χ2n) is 5.29. The van der Waals surface area contributed by atoms with E-state index in [4.69, 9.17) is 4.74 Å². The zero-order valence-corrected chi connectivity index (χ0v) is 15.9. The maximum atomic E-state index is 11.7. The van der Waals surface area contributed by atoms with Crippen molar-refractivity contribution in [2.24, 2.45) is 0 Å². The van der Waals surface area contributed by atoms with Crippen LogP contribution >= 0.6 is 23.1 Å². The molecule has 1 aromatic carbocycles. The Kier molecular flexibility index (Phi) is 5.50. The number of para-hydroxylation sites is 1. The predicted octanol–water partition coefficient (Wildman–Crippen LogP) is 3.81. The van der Waals surface area contributed by atoms with Crippen LogP contribution in [0.2, 0.25) is 0 Å². The van der Waals surface area contributed by atoms with Gasteiger partial charge in [0.15, 0.2) is 10.9 Å². The number of rotatable bonds is 6. The van der Waals surface area contributed by atoms with Gasteiger partial charge in [0.05, 0.1) is 18.0 Å². The molecule has 3 aromatic rings. The zero-order chi connectivity index (χ0) is 17.8. The quantitative estimate of drug-likeness (QED) is 0.483. The van der Waals surface area contributed by atoms with Crippen molar-refractivity contribution in [3.63, 3.8) is 0 Å². The number of thiazole rings is 1. The number of thioether (sulfide) groups is 1.